The van der Waals surface area contributed by atoms with Crippen LogP contribution in [0.25, 0.3) is 0 Å². The summed E-state index contributed by atoms with van der Waals surface area (Å²) in [6.07, 6.45) is 5.18. The predicted molar refractivity (Wildman–Crippen MR) is 138 cm³/mol. The number of aryl methyl sites for hydroxylation is 2. The van der Waals surface area contributed by atoms with Crippen LogP contribution in [0.1, 0.15) is 24.0 Å². The lowest BCUT2D eigenvalue weighted by molar-refractivity contribution is -0.136. The Morgan fingerprint density at radius 2 is 1.69 bits per heavy atom. The van der Waals surface area contributed by atoms with Crippen LogP contribution in [0.2, 0.25) is 0 Å². The lowest BCUT2D eigenvalue weighted by Crippen LogP contribution is -2.52. The quantitative estimate of drug-likeness (QED) is 0.548. The van der Waals surface area contributed by atoms with E-state index in [9.17, 15) is 4.79 Å². The molecule has 7 heteroatoms. The van der Waals surface area contributed by atoms with Gasteiger partial charge in [0.15, 0.2) is 5.82 Å². The Balaban J connectivity index is 1.23. The van der Waals surface area contributed by atoms with Gasteiger partial charge < -0.3 is 19.4 Å². The highest BCUT2D eigenvalue weighted by atomic mass is 16.5. The number of piperidine rings is 1. The molecule has 0 radical (unpaired) electrons. The molecule has 5 rings (SSSR count). The SMILES string of the molecule is Cc1ccc(C)c(N2CCN(C(=O)[C@H]3CCCN(c4nccnc4Oc4ccccc4)C3)CC2)c1. The van der Waals surface area contributed by atoms with Crippen molar-refractivity contribution < 1.29 is 9.53 Å². The van der Waals surface area contributed by atoms with E-state index in [2.05, 4.69) is 51.8 Å². The largest absolute Gasteiger partial charge is 0.436 e. The van der Waals surface area contributed by atoms with Crippen molar-refractivity contribution in [1.82, 2.24) is 14.9 Å². The lowest BCUT2D eigenvalue weighted by atomic mass is 9.96. The Bertz CT molecular complexity index is 1160. The molecule has 2 aromatic carbocycles. The average Bonchev–Trinajstić information content (AvgIpc) is 2.91. The molecule has 1 amide bonds. The number of carbonyl (C=O) groups is 1. The summed E-state index contributed by atoms with van der Waals surface area (Å²) in [5, 5.41) is 0. The molecule has 2 saturated heterocycles. The number of amides is 1. The molecule has 2 aliphatic rings. The maximum atomic E-state index is 13.5. The molecule has 1 atom stereocenters. The Labute approximate surface area is 207 Å². The molecule has 0 aliphatic carbocycles. The van der Waals surface area contributed by atoms with Crippen LogP contribution in [0.4, 0.5) is 11.5 Å². The fourth-order valence-corrected chi connectivity index (χ4v) is 5.06. The van der Waals surface area contributed by atoms with E-state index in [1.807, 2.05) is 35.2 Å². The van der Waals surface area contributed by atoms with Gasteiger partial charge in [-0.1, -0.05) is 30.3 Å². The fraction of sp³-hybridized carbons (Fsp3) is 0.393. The van der Waals surface area contributed by atoms with Gasteiger partial charge in [-0.25, -0.2) is 9.97 Å². The van der Waals surface area contributed by atoms with Crippen LogP contribution in [-0.4, -0.2) is 60.0 Å². The van der Waals surface area contributed by atoms with Gasteiger partial charge in [0.1, 0.15) is 5.75 Å². The number of carbonyl (C=O) groups excluding carboxylic acids is 1. The maximum absolute atomic E-state index is 13.5. The number of hydrogen-bond donors (Lipinski definition) is 0. The number of para-hydroxylation sites is 1. The van der Waals surface area contributed by atoms with Crippen molar-refractivity contribution >= 4 is 17.4 Å². The zero-order chi connectivity index (χ0) is 24.2. The van der Waals surface area contributed by atoms with Crippen LogP contribution in [0.5, 0.6) is 11.6 Å². The second-order valence-corrected chi connectivity index (χ2v) is 9.49. The molecule has 0 spiro atoms. The van der Waals surface area contributed by atoms with E-state index in [0.717, 1.165) is 51.3 Å². The molecule has 7 nitrogen and oxygen atoms in total. The van der Waals surface area contributed by atoms with E-state index in [0.29, 0.717) is 18.2 Å². The number of hydrogen-bond acceptors (Lipinski definition) is 6. The second kappa shape index (κ2) is 10.3. The van der Waals surface area contributed by atoms with Crippen molar-refractivity contribution in [1.29, 1.82) is 0 Å². The summed E-state index contributed by atoms with van der Waals surface area (Å²) in [6, 6.07) is 16.2. The number of rotatable bonds is 5. The zero-order valence-corrected chi connectivity index (χ0v) is 20.6. The number of ether oxygens (including phenoxy) is 1. The van der Waals surface area contributed by atoms with Crippen LogP contribution in [-0.2, 0) is 4.79 Å². The predicted octanol–water partition coefficient (Wildman–Crippen LogP) is 4.45. The maximum Gasteiger partial charge on any atom is 0.263 e. The second-order valence-electron chi connectivity index (χ2n) is 9.49. The smallest absolute Gasteiger partial charge is 0.263 e. The van der Waals surface area contributed by atoms with Crippen molar-refractivity contribution in [2.75, 3.05) is 49.1 Å². The molecular formula is C28H33N5O2. The standard InChI is InChI=1S/C28H33N5O2/c1-21-10-11-22(2)25(19-21)31-15-17-32(18-16-31)28(34)23-7-6-14-33(20-23)26-27(30-13-12-29-26)35-24-8-4-3-5-9-24/h3-5,8-13,19,23H,6-7,14-18,20H2,1-2H3/t23-/m0/s1. The molecule has 3 aromatic rings. The zero-order valence-electron chi connectivity index (χ0n) is 20.6. The van der Waals surface area contributed by atoms with Crippen LogP contribution >= 0.6 is 0 Å². The average molecular weight is 472 g/mol. The van der Waals surface area contributed by atoms with Gasteiger partial charge in [0, 0.05) is 57.3 Å². The molecule has 0 N–H and O–H groups in total. The monoisotopic (exact) mass is 471 g/mol. The number of anilines is 2. The third-order valence-electron chi connectivity index (χ3n) is 6.97. The molecule has 1 aromatic heterocycles. The van der Waals surface area contributed by atoms with E-state index in [-0.39, 0.29) is 11.8 Å². The number of benzene rings is 2. The highest BCUT2D eigenvalue weighted by Crippen LogP contribution is 2.32. The van der Waals surface area contributed by atoms with Crippen molar-refractivity contribution in [3.05, 3.63) is 72.1 Å². The van der Waals surface area contributed by atoms with E-state index in [1.54, 1.807) is 12.4 Å². The minimum Gasteiger partial charge on any atom is -0.436 e. The van der Waals surface area contributed by atoms with Crippen molar-refractivity contribution in [2.45, 2.75) is 26.7 Å². The van der Waals surface area contributed by atoms with E-state index in [1.165, 1.54) is 16.8 Å². The Hall–Kier alpha value is -3.61. The molecule has 0 bridgehead atoms. The third-order valence-corrected chi connectivity index (χ3v) is 6.97. The first kappa shape index (κ1) is 23.1. The first-order valence-electron chi connectivity index (χ1n) is 12.5. The van der Waals surface area contributed by atoms with Crippen molar-refractivity contribution in [3.8, 4) is 11.6 Å². The lowest BCUT2D eigenvalue weighted by Gasteiger charge is -2.40. The first-order valence-corrected chi connectivity index (χ1v) is 12.5. The molecule has 0 unspecified atom stereocenters. The minimum absolute atomic E-state index is 0.0393. The van der Waals surface area contributed by atoms with Gasteiger partial charge in [-0.15, -0.1) is 0 Å². The highest BCUT2D eigenvalue weighted by Gasteiger charge is 2.32. The molecular weight excluding hydrogens is 438 g/mol. The third kappa shape index (κ3) is 5.24. The van der Waals surface area contributed by atoms with Crippen LogP contribution in [0.15, 0.2) is 60.9 Å². The summed E-state index contributed by atoms with van der Waals surface area (Å²) < 4.78 is 6.03. The topological polar surface area (TPSA) is 61.8 Å². The Morgan fingerprint density at radius 1 is 0.914 bits per heavy atom. The summed E-state index contributed by atoms with van der Waals surface area (Å²) in [5.74, 6) is 2.12. The van der Waals surface area contributed by atoms with Gasteiger partial charge in [-0.05, 0) is 56.0 Å². The van der Waals surface area contributed by atoms with Gasteiger partial charge >= 0.3 is 0 Å². The van der Waals surface area contributed by atoms with Gasteiger partial charge in [0.05, 0.1) is 5.92 Å². The van der Waals surface area contributed by atoms with Crippen molar-refractivity contribution in [3.63, 3.8) is 0 Å². The summed E-state index contributed by atoms with van der Waals surface area (Å²) in [5.41, 5.74) is 3.84. The highest BCUT2D eigenvalue weighted by molar-refractivity contribution is 5.80. The molecule has 2 aliphatic heterocycles. The molecule has 182 valence electrons. The van der Waals surface area contributed by atoms with Crippen LogP contribution in [0.3, 0.4) is 0 Å². The van der Waals surface area contributed by atoms with Gasteiger partial charge in [0.25, 0.3) is 5.88 Å². The van der Waals surface area contributed by atoms with Crippen LogP contribution in [0, 0.1) is 19.8 Å². The van der Waals surface area contributed by atoms with Gasteiger partial charge in [0.2, 0.25) is 5.91 Å². The van der Waals surface area contributed by atoms with E-state index < -0.39 is 0 Å². The summed E-state index contributed by atoms with van der Waals surface area (Å²) in [4.78, 5) is 29.1. The number of aromatic nitrogens is 2. The number of nitrogens with zero attached hydrogens (tertiary/aromatic N) is 5. The molecule has 2 fully saturated rings. The van der Waals surface area contributed by atoms with Crippen LogP contribution < -0.4 is 14.5 Å². The fourth-order valence-electron chi connectivity index (χ4n) is 5.06. The molecule has 0 saturated carbocycles. The van der Waals surface area contributed by atoms with Crippen molar-refractivity contribution in [2.24, 2.45) is 5.92 Å². The summed E-state index contributed by atoms with van der Waals surface area (Å²) >= 11 is 0. The van der Waals surface area contributed by atoms with E-state index in [4.69, 9.17) is 4.74 Å². The Morgan fingerprint density at radius 3 is 2.49 bits per heavy atom. The summed E-state index contributed by atoms with van der Waals surface area (Å²) in [6.45, 7) is 9.02. The normalized spacial score (nSPS) is 18.5. The minimum atomic E-state index is -0.0393. The molecule has 35 heavy (non-hydrogen) atoms. The Kier molecular flexibility index (Phi) is 6.84. The van der Waals surface area contributed by atoms with Gasteiger partial charge in [-0.3, -0.25) is 4.79 Å². The first-order chi connectivity index (χ1) is 17.1. The summed E-state index contributed by atoms with van der Waals surface area (Å²) in [7, 11) is 0. The van der Waals surface area contributed by atoms with Gasteiger partial charge in [-0.2, -0.15) is 0 Å². The number of piperazine rings is 1. The van der Waals surface area contributed by atoms with E-state index >= 15 is 0 Å². The molecule has 3 heterocycles.